The number of carbonyl (C=O) groups excluding carboxylic acids is 1. The summed E-state index contributed by atoms with van der Waals surface area (Å²) < 4.78 is 15.6. The van der Waals surface area contributed by atoms with E-state index < -0.39 is 11.4 Å². The molecule has 2 aromatic heterocycles. The van der Waals surface area contributed by atoms with Crippen molar-refractivity contribution in [1.82, 2.24) is 24.9 Å². The number of aromatic nitrogens is 4. The van der Waals surface area contributed by atoms with Crippen molar-refractivity contribution in [2.24, 2.45) is 0 Å². The van der Waals surface area contributed by atoms with Crippen LogP contribution in [-0.2, 0) is 4.79 Å². The van der Waals surface area contributed by atoms with Crippen LogP contribution >= 0.6 is 0 Å². The van der Waals surface area contributed by atoms with Crippen molar-refractivity contribution in [1.29, 1.82) is 0 Å². The average Bonchev–Trinajstić information content (AvgIpc) is 3.46. The van der Waals surface area contributed by atoms with Crippen molar-refractivity contribution in [3.8, 4) is 16.9 Å². The molecule has 4 aromatic rings. The van der Waals surface area contributed by atoms with Crippen LogP contribution in [0.3, 0.4) is 0 Å². The van der Waals surface area contributed by atoms with Crippen molar-refractivity contribution >= 4 is 22.6 Å². The number of piperazine rings is 1. The van der Waals surface area contributed by atoms with Crippen molar-refractivity contribution in [3.63, 3.8) is 0 Å². The normalized spacial score (nSPS) is 18.1. The van der Waals surface area contributed by atoms with Crippen LogP contribution in [0.25, 0.3) is 28.0 Å². The summed E-state index contributed by atoms with van der Waals surface area (Å²) in [6, 6.07) is 14.1. The molecule has 6 rings (SSSR count). The van der Waals surface area contributed by atoms with Gasteiger partial charge in [-0.3, -0.25) is 14.7 Å². The fourth-order valence-electron chi connectivity index (χ4n) is 5.09. The maximum absolute atomic E-state index is 14.5. The molecule has 4 heterocycles. The predicted molar refractivity (Wildman–Crippen MR) is 127 cm³/mol. The van der Waals surface area contributed by atoms with E-state index in [0.717, 1.165) is 41.9 Å². The molecule has 2 fully saturated rings. The summed E-state index contributed by atoms with van der Waals surface area (Å²) in [5, 5.41) is 11.7. The number of anilines is 1. The SMILES string of the molecule is Cc1cccc(F)c1-n1nc2c(-c3ccc(N4CC(=O)N5CCCC5C4)cc3)n[nH]c2cc1=O. The Morgan fingerprint density at radius 1 is 1.12 bits per heavy atom. The third-order valence-electron chi connectivity index (χ3n) is 6.81. The molecule has 2 saturated heterocycles. The van der Waals surface area contributed by atoms with Crippen LogP contribution in [0.2, 0.25) is 0 Å². The molecular weight excluding hydrogens is 435 g/mol. The highest BCUT2D eigenvalue weighted by atomic mass is 19.1. The molecule has 0 saturated carbocycles. The molecule has 9 heteroatoms. The van der Waals surface area contributed by atoms with E-state index in [1.165, 1.54) is 12.1 Å². The van der Waals surface area contributed by atoms with E-state index in [1.807, 2.05) is 29.2 Å². The minimum atomic E-state index is -0.514. The van der Waals surface area contributed by atoms with Crippen molar-refractivity contribution in [2.45, 2.75) is 25.8 Å². The minimum Gasteiger partial charge on any atom is -0.360 e. The fourth-order valence-corrected chi connectivity index (χ4v) is 5.09. The second-order valence-electron chi connectivity index (χ2n) is 8.94. The Labute approximate surface area is 194 Å². The first-order chi connectivity index (χ1) is 16.5. The van der Waals surface area contributed by atoms with Crippen LogP contribution in [0, 0.1) is 12.7 Å². The van der Waals surface area contributed by atoms with Gasteiger partial charge in [0.05, 0.1) is 12.1 Å². The molecule has 1 amide bonds. The molecule has 0 aliphatic carbocycles. The molecule has 1 N–H and O–H groups in total. The van der Waals surface area contributed by atoms with Crippen LogP contribution in [0.1, 0.15) is 18.4 Å². The molecular formula is C25H23FN6O2. The Balaban J connectivity index is 1.36. The molecule has 1 unspecified atom stereocenters. The number of fused-ring (bicyclic) bond motifs is 2. The van der Waals surface area contributed by atoms with Crippen LogP contribution in [0.15, 0.2) is 53.3 Å². The molecule has 8 nitrogen and oxygen atoms in total. The molecule has 172 valence electrons. The number of H-pyrrole nitrogens is 1. The largest absolute Gasteiger partial charge is 0.360 e. The summed E-state index contributed by atoms with van der Waals surface area (Å²) in [6.07, 6.45) is 2.12. The summed E-state index contributed by atoms with van der Waals surface area (Å²) >= 11 is 0. The number of para-hydroxylation sites is 1. The lowest BCUT2D eigenvalue weighted by Gasteiger charge is -2.38. The number of nitrogens with zero attached hydrogens (tertiary/aromatic N) is 5. The van der Waals surface area contributed by atoms with Gasteiger partial charge in [0.2, 0.25) is 5.91 Å². The molecule has 0 bridgehead atoms. The number of hydrogen-bond donors (Lipinski definition) is 1. The molecule has 2 aliphatic rings. The van der Waals surface area contributed by atoms with Crippen LogP contribution in [0.5, 0.6) is 0 Å². The van der Waals surface area contributed by atoms with Crippen LogP contribution in [-0.4, -0.2) is 56.5 Å². The van der Waals surface area contributed by atoms with E-state index in [2.05, 4.69) is 20.2 Å². The number of benzene rings is 2. The number of hydrogen-bond acceptors (Lipinski definition) is 5. The van der Waals surface area contributed by atoms with E-state index in [0.29, 0.717) is 34.9 Å². The van der Waals surface area contributed by atoms with E-state index >= 15 is 0 Å². The Morgan fingerprint density at radius 3 is 2.74 bits per heavy atom. The zero-order valence-corrected chi connectivity index (χ0v) is 18.7. The summed E-state index contributed by atoms with van der Waals surface area (Å²) in [7, 11) is 0. The zero-order valence-electron chi connectivity index (χ0n) is 18.7. The van der Waals surface area contributed by atoms with E-state index in [1.54, 1.807) is 19.1 Å². The van der Waals surface area contributed by atoms with Gasteiger partial charge in [-0.25, -0.2) is 4.39 Å². The highest BCUT2D eigenvalue weighted by Crippen LogP contribution is 2.30. The Morgan fingerprint density at radius 2 is 1.94 bits per heavy atom. The van der Waals surface area contributed by atoms with E-state index in [9.17, 15) is 14.0 Å². The van der Waals surface area contributed by atoms with Crippen molar-refractivity contribution in [2.75, 3.05) is 24.5 Å². The minimum absolute atomic E-state index is 0.132. The second kappa shape index (κ2) is 7.79. The predicted octanol–water partition coefficient (Wildman–Crippen LogP) is 3.03. The molecule has 1 atom stereocenters. The smallest absolute Gasteiger partial charge is 0.273 e. The number of amides is 1. The quantitative estimate of drug-likeness (QED) is 0.510. The summed E-state index contributed by atoms with van der Waals surface area (Å²) in [5.41, 5.74) is 3.62. The van der Waals surface area contributed by atoms with E-state index in [-0.39, 0.29) is 11.6 Å². The van der Waals surface area contributed by atoms with Crippen molar-refractivity contribution in [3.05, 3.63) is 70.3 Å². The van der Waals surface area contributed by atoms with Gasteiger partial charge in [-0.2, -0.15) is 14.9 Å². The number of aryl methyl sites for hydroxylation is 1. The molecule has 0 spiro atoms. The van der Waals surface area contributed by atoms with Gasteiger partial charge in [-0.1, -0.05) is 24.3 Å². The number of aromatic amines is 1. The third kappa shape index (κ3) is 3.27. The lowest BCUT2D eigenvalue weighted by Crippen LogP contribution is -2.53. The monoisotopic (exact) mass is 458 g/mol. The standard InChI is InChI=1S/C25H23FN6O2/c1-15-4-2-6-19(26)25(15)32-21(33)12-20-24(29-32)23(28-27-20)16-7-9-17(10-8-16)30-13-18-5-3-11-31(18)22(34)14-30/h2,4,6-10,12,18,27H,3,5,11,13-14H2,1H3. The Bertz CT molecular complexity index is 1460. The lowest BCUT2D eigenvalue weighted by molar-refractivity contribution is -0.131. The van der Waals surface area contributed by atoms with Gasteiger partial charge in [-0.15, -0.1) is 0 Å². The highest BCUT2D eigenvalue weighted by molar-refractivity contribution is 5.89. The molecule has 2 aliphatic heterocycles. The fraction of sp³-hybridized carbons (Fsp3) is 0.280. The number of halogens is 1. The number of rotatable bonds is 3. The number of carbonyl (C=O) groups is 1. The molecule has 2 aromatic carbocycles. The van der Waals surface area contributed by atoms with Gasteiger partial charge in [0.15, 0.2) is 0 Å². The van der Waals surface area contributed by atoms with Gasteiger partial charge in [0, 0.05) is 36.4 Å². The Hall–Kier alpha value is -4.01. The van der Waals surface area contributed by atoms with E-state index in [4.69, 9.17) is 0 Å². The van der Waals surface area contributed by atoms with Crippen LogP contribution in [0.4, 0.5) is 10.1 Å². The van der Waals surface area contributed by atoms with Gasteiger partial charge in [0.25, 0.3) is 5.56 Å². The topological polar surface area (TPSA) is 87.1 Å². The number of nitrogens with one attached hydrogen (secondary N) is 1. The highest BCUT2D eigenvalue weighted by Gasteiger charge is 2.35. The zero-order chi connectivity index (χ0) is 23.4. The summed E-state index contributed by atoms with van der Waals surface area (Å²) in [4.78, 5) is 29.3. The molecule has 0 radical (unpaired) electrons. The first-order valence-electron chi connectivity index (χ1n) is 11.4. The van der Waals surface area contributed by atoms with Gasteiger partial charge in [0.1, 0.15) is 22.7 Å². The first kappa shape index (κ1) is 20.6. The third-order valence-corrected chi connectivity index (χ3v) is 6.81. The first-order valence-corrected chi connectivity index (χ1v) is 11.4. The van der Waals surface area contributed by atoms with Crippen LogP contribution < -0.4 is 10.5 Å². The Kier molecular flexibility index (Phi) is 4.72. The molecule has 34 heavy (non-hydrogen) atoms. The van der Waals surface area contributed by atoms with Gasteiger partial charge in [-0.05, 0) is 43.5 Å². The van der Waals surface area contributed by atoms with Crippen molar-refractivity contribution < 1.29 is 9.18 Å². The van der Waals surface area contributed by atoms with Gasteiger partial charge >= 0.3 is 0 Å². The summed E-state index contributed by atoms with van der Waals surface area (Å²) in [5.74, 6) is -0.331. The second-order valence-corrected chi connectivity index (χ2v) is 8.94. The average molecular weight is 458 g/mol. The lowest BCUT2D eigenvalue weighted by atomic mass is 10.1. The summed E-state index contributed by atoms with van der Waals surface area (Å²) in [6.45, 7) is 3.83. The van der Waals surface area contributed by atoms with Gasteiger partial charge < -0.3 is 9.80 Å². The maximum Gasteiger partial charge on any atom is 0.273 e. The maximum atomic E-state index is 14.5.